The van der Waals surface area contributed by atoms with Crippen molar-refractivity contribution in [3.05, 3.63) is 64.2 Å². The minimum Gasteiger partial charge on any atom is -0.494 e. The van der Waals surface area contributed by atoms with Crippen molar-refractivity contribution < 1.29 is 19.3 Å². The molecule has 0 fully saturated rings. The predicted molar refractivity (Wildman–Crippen MR) is 97.1 cm³/mol. The first-order valence-corrected chi connectivity index (χ1v) is 8.04. The molecule has 0 heterocycles. The number of rotatable bonds is 8. The van der Waals surface area contributed by atoms with Gasteiger partial charge in [0.25, 0.3) is 5.69 Å². The second-order valence-corrected chi connectivity index (χ2v) is 5.52. The zero-order valence-corrected chi connectivity index (χ0v) is 14.7. The van der Waals surface area contributed by atoms with Gasteiger partial charge in [-0.2, -0.15) is 0 Å². The van der Waals surface area contributed by atoms with E-state index in [9.17, 15) is 14.9 Å². The molecule has 2 amide bonds. The number of nitro benzene ring substituents is 1. The summed E-state index contributed by atoms with van der Waals surface area (Å²) in [4.78, 5) is 26.9. The molecule has 26 heavy (non-hydrogen) atoms. The largest absolute Gasteiger partial charge is 0.494 e. The topological polar surface area (TPSA) is 93.9 Å². The third-order valence-electron chi connectivity index (χ3n) is 3.65. The van der Waals surface area contributed by atoms with Gasteiger partial charge in [0.05, 0.1) is 18.6 Å². The molecule has 2 aromatic carbocycles. The fourth-order valence-corrected chi connectivity index (χ4v) is 2.24. The van der Waals surface area contributed by atoms with Crippen LogP contribution in [0, 0.1) is 10.1 Å². The summed E-state index contributed by atoms with van der Waals surface area (Å²) in [5, 5.41) is 14.5. The Balaban J connectivity index is 1.83. The third kappa shape index (κ3) is 5.75. The number of urea groups is 1. The monoisotopic (exact) mass is 359 g/mol. The van der Waals surface area contributed by atoms with E-state index in [2.05, 4.69) is 5.32 Å². The highest BCUT2D eigenvalue weighted by molar-refractivity contribution is 5.88. The Kier molecular flexibility index (Phi) is 6.92. The highest BCUT2D eigenvalue weighted by atomic mass is 16.7. The molecule has 0 radical (unpaired) electrons. The van der Waals surface area contributed by atoms with Gasteiger partial charge in [0.1, 0.15) is 5.75 Å². The molecule has 138 valence electrons. The number of aryl methyl sites for hydroxylation is 1. The van der Waals surface area contributed by atoms with Crippen LogP contribution in [0.5, 0.6) is 5.75 Å². The lowest BCUT2D eigenvalue weighted by Crippen LogP contribution is -2.30. The van der Waals surface area contributed by atoms with Gasteiger partial charge in [0, 0.05) is 30.9 Å². The highest BCUT2D eigenvalue weighted by Crippen LogP contribution is 2.19. The Morgan fingerprint density at radius 3 is 2.73 bits per heavy atom. The molecule has 0 aliphatic carbocycles. The van der Waals surface area contributed by atoms with Gasteiger partial charge in [-0.1, -0.05) is 18.2 Å². The second kappa shape index (κ2) is 9.38. The first kappa shape index (κ1) is 19.2. The Labute approximate surface area is 151 Å². The van der Waals surface area contributed by atoms with Crippen molar-refractivity contribution >= 4 is 17.4 Å². The van der Waals surface area contributed by atoms with Crippen LogP contribution in [0.3, 0.4) is 0 Å². The summed E-state index contributed by atoms with van der Waals surface area (Å²) in [5.41, 5.74) is 1.58. The van der Waals surface area contributed by atoms with E-state index in [-0.39, 0.29) is 5.69 Å². The number of nitrogens with one attached hydrogen (secondary N) is 1. The second-order valence-electron chi connectivity index (χ2n) is 5.52. The molecule has 1 N–H and O–H groups in total. The van der Waals surface area contributed by atoms with E-state index < -0.39 is 11.0 Å². The molecule has 0 saturated carbocycles. The summed E-state index contributed by atoms with van der Waals surface area (Å²) >= 11 is 0. The van der Waals surface area contributed by atoms with Crippen LogP contribution < -0.4 is 10.1 Å². The zero-order chi connectivity index (χ0) is 18.9. The Hall–Kier alpha value is -3.13. The molecule has 8 nitrogen and oxygen atoms in total. The Morgan fingerprint density at radius 2 is 2.00 bits per heavy atom. The van der Waals surface area contributed by atoms with Gasteiger partial charge in [-0.25, -0.2) is 9.86 Å². The number of non-ortho nitro benzene ring substituents is 1. The average Bonchev–Trinajstić information content (AvgIpc) is 2.65. The number of benzene rings is 2. The van der Waals surface area contributed by atoms with E-state index in [1.807, 2.05) is 6.07 Å². The summed E-state index contributed by atoms with van der Waals surface area (Å²) in [5.74, 6) is 0.627. The lowest BCUT2D eigenvalue weighted by Gasteiger charge is -2.15. The summed E-state index contributed by atoms with van der Waals surface area (Å²) < 4.78 is 5.68. The summed E-state index contributed by atoms with van der Waals surface area (Å²) in [7, 11) is 2.91. The molecule has 8 heteroatoms. The van der Waals surface area contributed by atoms with E-state index in [0.29, 0.717) is 30.9 Å². The standard InChI is InChI=1S/C18H21N3O5/c1-20(25-2)18(22)19-15-8-4-10-17(13-15)26-11-5-7-14-6-3-9-16(12-14)21(23)24/h3-4,6,8-10,12-13H,5,7,11H2,1-2H3,(H,19,22). The van der Waals surface area contributed by atoms with Crippen molar-refractivity contribution in [1.29, 1.82) is 0 Å². The molecule has 0 saturated heterocycles. The molecule has 0 atom stereocenters. The first-order valence-electron chi connectivity index (χ1n) is 8.04. The van der Waals surface area contributed by atoms with Gasteiger partial charge in [0.2, 0.25) is 0 Å². The van der Waals surface area contributed by atoms with E-state index in [1.54, 1.807) is 36.4 Å². The van der Waals surface area contributed by atoms with Crippen molar-refractivity contribution in [2.75, 3.05) is 26.1 Å². The molecule has 0 spiro atoms. The number of nitro groups is 1. The van der Waals surface area contributed by atoms with E-state index in [1.165, 1.54) is 20.2 Å². The third-order valence-corrected chi connectivity index (χ3v) is 3.65. The Bertz CT molecular complexity index is 766. The van der Waals surface area contributed by atoms with Gasteiger partial charge in [0.15, 0.2) is 0 Å². The number of hydrogen-bond acceptors (Lipinski definition) is 5. The summed E-state index contributed by atoms with van der Waals surface area (Å²) in [6.07, 6.45) is 1.39. The van der Waals surface area contributed by atoms with Crippen LogP contribution in [0.1, 0.15) is 12.0 Å². The molecular formula is C18H21N3O5. The fraction of sp³-hybridized carbons (Fsp3) is 0.278. The van der Waals surface area contributed by atoms with Crippen molar-refractivity contribution in [2.45, 2.75) is 12.8 Å². The number of carbonyl (C=O) groups excluding carboxylic acids is 1. The fourth-order valence-electron chi connectivity index (χ4n) is 2.24. The van der Waals surface area contributed by atoms with Crippen LogP contribution in [0.4, 0.5) is 16.2 Å². The van der Waals surface area contributed by atoms with Crippen LogP contribution in [-0.2, 0) is 11.3 Å². The number of carbonyl (C=O) groups is 1. The minimum absolute atomic E-state index is 0.0906. The van der Waals surface area contributed by atoms with Crippen molar-refractivity contribution in [1.82, 2.24) is 5.06 Å². The van der Waals surface area contributed by atoms with Crippen LogP contribution in [0.25, 0.3) is 0 Å². The average molecular weight is 359 g/mol. The summed E-state index contributed by atoms with van der Waals surface area (Å²) in [6.45, 7) is 0.456. The van der Waals surface area contributed by atoms with E-state index >= 15 is 0 Å². The van der Waals surface area contributed by atoms with Crippen LogP contribution in [-0.4, -0.2) is 36.8 Å². The predicted octanol–water partition coefficient (Wildman–Crippen LogP) is 3.63. The maximum absolute atomic E-state index is 11.7. The number of hydroxylamine groups is 2. The van der Waals surface area contributed by atoms with Crippen LogP contribution in [0.2, 0.25) is 0 Å². The number of hydrogen-bond donors (Lipinski definition) is 1. The molecule has 0 bridgehead atoms. The Morgan fingerprint density at radius 1 is 1.23 bits per heavy atom. The molecule has 0 aliphatic rings. The molecule has 2 rings (SSSR count). The maximum Gasteiger partial charge on any atom is 0.345 e. The first-order chi connectivity index (χ1) is 12.5. The van der Waals surface area contributed by atoms with Crippen molar-refractivity contribution in [2.24, 2.45) is 0 Å². The van der Waals surface area contributed by atoms with Crippen LogP contribution in [0.15, 0.2) is 48.5 Å². The normalized spacial score (nSPS) is 10.2. The number of anilines is 1. The van der Waals surface area contributed by atoms with Gasteiger partial charge in [-0.3, -0.25) is 15.0 Å². The lowest BCUT2D eigenvalue weighted by atomic mass is 10.1. The molecule has 2 aromatic rings. The maximum atomic E-state index is 11.7. The molecule has 0 aliphatic heterocycles. The van der Waals surface area contributed by atoms with Gasteiger partial charge in [-0.15, -0.1) is 0 Å². The van der Waals surface area contributed by atoms with Crippen LogP contribution >= 0.6 is 0 Å². The van der Waals surface area contributed by atoms with Crippen molar-refractivity contribution in [3.63, 3.8) is 0 Å². The highest BCUT2D eigenvalue weighted by Gasteiger charge is 2.08. The number of nitrogens with zero attached hydrogens (tertiary/aromatic N) is 2. The number of amides is 2. The number of ether oxygens (including phenoxy) is 1. The molecule has 0 unspecified atom stereocenters. The quantitative estimate of drug-likeness (QED) is 0.441. The zero-order valence-electron chi connectivity index (χ0n) is 14.7. The van der Waals surface area contributed by atoms with E-state index in [4.69, 9.17) is 9.57 Å². The van der Waals surface area contributed by atoms with Crippen molar-refractivity contribution in [3.8, 4) is 5.75 Å². The minimum atomic E-state index is -0.402. The van der Waals surface area contributed by atoms with Gasteiger partial charge in [-0.05, 0) is 30.5 Å². The molecular weight excluding hydrogens is 338 g/mol. The summed E-state index contributed by atoms with van der Waals surface area (Å²) in [6, 6.07) is 13.2. The molecule has 0 aromatic heterocycles. The lowest BCUT2D eigenvalue weighted by molar-refractivity contribution is -0.384. The SMILES string of the molecule is CON(C)C(=O)Nc1cccc(OCCCc2cccc([N+](=O)[O-])c2)c1. The van der Waals surface area contributed by atoms with Gasteiger partial charge < -0.3 is 10.1 Å². The smallest absolute Gasteiger partial charge is 0.345 e. The van der Waals surface area contributed by atoms with E-state index in [0.717, 1.165) is 10.6 Å². The van der Waals surface area contributed by atoms with Gasteiger partial charge >= 0.3 is 6.03 Å².